The van der Waals surface area contributed by atoms with Crippen LogP contribution < -0.4 is 0 Å². The maximum atomic E-state index is 11.6. The van der Waals surface area contributed by atoms with E-state index >= 15 is 0 Å². The third-order valence-corrected chi connectivity index (χ3v) is 2.81. The molecule has 0 radical (unpaired) electrons. The van der Waals surface area contributed by atoms with E-state index in [4.69, 9.17) is 0 Å². The average molecular weight is 292 g/mol. The second-order valence-corrected chi connectivity index (χ2v) is 3.93. The quantitative estimate of drug-likeness (QED) is 0.346. The van der Waals surface area contributed by atoms with Gasteiger partial charge in [0.2, 0.25) is 0 Å². The van der Waals surface area contributed by atoms with E-state index in [2.05, 4.69) is 0 Å². The smallest absolute Gasteiger partial charge is 0.196 e. The van der Waals surface area contributed by atoms with Crippen LogP contribution in [-0.2, 0) is 0 Å². The molecule has 0 spiro atoms. The van der Waals surface area contributed by atoms with Gasteiger partial charge in [0.15, 0.2) is 23.0 Å². The Morgan fingerprint density at radius 1 is 0.600 bits per heavy atom. The summed E-state index contributed by atoms with van der Waals surface area (Å²) < 4.78 is 0. The Morgan fingerprint density at radius 3 is 1.05 bits per heavy atom. The van der Waals surface area contributed by atoms with Crippen LogP contribution in [0.15, 0.2) is 0 Å². The van der Waals surface area contributed by atoms with Gasteiger partial charge in [0.05, 0.1) is 0 Å². The number of hydrogen-bond donors (Lipinski definition) is 0. The number of nitrogens with zero attached hydrogens (tertiary/aromatic N) is 6. The van der Waals surface area contributed by atoms with Gasteiger partial charge < -0.3 is 20.8 Å². The van der Waals surface area contributed by atoms with E-state index < -0.39 is 0 Å². The molecule has 0 rings (SSSR count). The van der Waals surface area contributed by atoms with Crippen molar-refractivity contribution in [1.29, 1.82) is 0 Å². The molecule has 0 aromatic heterocycles. The van der Waals surface area contributed by atoms with Crippen LogP contribution in [0.4, 0.5) is 0 Å². The van der Waals surface area contributed by atoms with Crippen molar-refractivity contribution in [3.8, 4) is 0 Å². The average Bonchev–Trinajstić information content (AvgIpc) is 2.46. The number of rotatable bonds is 9. The molecule has 10 heteroatoms. The third-order valence-electron chi connectivity index (χ3n) is 2.81. The monoisotopic (exact) mass is 292 g/mol. The maximum Gasteiger partial charge on any atom is 0.196 e. The summed E-state index contributed by atoms with van der Waals surface area (Å²) in [5, 5.41) is 48.7. The van der Waals surface area contributed by atoms with E-state index in [0.29, 0.717) is 26.2 Å². The molecule has 0 atom stereocenters. The lowest BCUT2D eigenvalue weighted by Crippen LogP contribution is -2.40. The van der Waals surface area contributed by atoms with Gasteiger partial charge in [-0.3, -0.25) is 0 Å². The summed E-state index contributed by atoms with van der Waals surface area (Å²) in [5.41, 5.74) is 0. The van der Waals surface area contributed by atoms with Crippen LogP contribution in [0.5, 0.6) is 0 Å². The molecule has 0 amide bonds. The molecule has 0 unspecified atom stereocenters. The normalized spacial score (nSPS) is 13.6. The molecule has 20 heavy (non-hydrogen) atoms. The molecule has 0 saturated heterocycles. The molecule has 0 saturated carbocycles. The SMILES string of the molecule is CCN(CC)/[N+]([O-])=[N+](\[O-])CC/[N+]([O-])=[N+](\[O-])N(CC)CC. The summed E-state index contributed by atoms with van der Waals surface area (Å²) in [4.78, 5) is 0.572. The van der Waals surface area contributed by atoms with Crippen LogP contribution in [0.1, 0.15) is 27.7 Å². The highest BCUT2D eigenvalue weighted by molar-refractivity contribution is 4.30. The zero-order valence-corrected chi connectivity index (χ0v) is 12.6. The summed E-state index contributed by atoms with van der Waals surface area (Å²) in [6, 6.07) is 0. The minimum Gasteiger partial charge on any atom is -0.662 e. The van der Waals surface area contributed by atoms with E-state index in [1.807, 2.05) is 0 Å². The van der Waals surface area contributed by atoms with Gasteiger partial charge in [0.25, 0.3) is 0 Å². The van der Waals surface area contributed by atoms with Crippen molar-refractivity contribution in [1.82, 2.24) is 10.0 Å². The first kappa shape index (κ1) is 18.0. The van der Waals surface area contributed by atoms with Crippen molar-refractivity contribution in [3.05, 3.63) is 20.8 Å². The van der Waals surface area contributed by atoms with Gasteiger partial charge in [0.1, 0.15) is 26.2 Å². The van der Waals surface area contributed by atoms with Gasteiger partial charge in [-0.15, -0.1) is 0 Å². The number of hydroxylamine groups is 2. The standard InChI is InChI=1S/C10H24N6O4/c1-5-11(6-2)15(19)13(17)9-10-14(18)16(20)12(7-3)8-4/h5-10H2,1-4H3/b15-13+,16-14+. The molecular weight excluding hydrogens is 268 g/mol. The molecule has 0 aromatic carbocycles. The molecule has 0 heterocycles. The zero-order chi connectivity index (χ0) is 15.7. The lowest BCUT2D eigenvalue weighted by molar-refractivity contribution is -1.06. The van der Waals surface area contributed by atoms with Gasteiger partial charge in [-0.25, -0.2) is 0 Å². The Morgan fingerprint density at radius 2 is 0.850 bits per heavy atom. The summed E-state index contributed by atoms with van der Waals surface area (Å²) in [5.74, 6) is 0. The molecule has 0 N–H and O–H groups in total. The van der Waals surface area contributed by atoms with E-state index in [1.54, 1.807) is 27.7 Å². The Labute approximate surface area is 118 Å². The lowest BCUT2D eigenvalue weighted by Gasteiger charge is -2.15. The first-order valence-corrected chi connectivity index (χ1v) is 6.76. The van der Waals surface area contributed by atoms with Crippen molar-refractivity contribution < 1.29 is 19.7 Å². The Balaban J connectivity index is 4.76. The van der Waals surface area contributed by atoms with Crippen molar-refractivity contribution in [2.45, 2.75) is 27.7 Å². The Hall–Kier alpha value is -2.00. The maximum absolute atomic E-state index is 11.6. The van der Waals surface area contributed by atoms with E-state index in [-0.39, 0.29) is 32.8 Å². The zero-order valence-electron chi connectivity index (χ0n) is 12.6. The van der Waals surface area contributed by atoms with E-state index in [0.717, 1.165) is 0 Å². The molecule has 0 fully saturated rings. The minimum absolute atomic E-state index is 0.119. The van der Waals surface area contributed by atoms with Crippen molar-refractivity contribution >= 4 is 0 Å². The second-order valence-electron chi connectivity index (χ2n) is 3.93. The first-order chi connectivity index (χ1) is 9.42. The molecule has 118 valence electrons. The fraction of sp³-hybridized carbons (Fsp3) is 1.00. The van der Waals surface area contributed by atoms with Crippen LogP contribution in [0, 0.1) is 20.8 Å². The highest BCUT2D eigenvalue weighted by Crippen LogP contribution is 1.92. The van der Waals surface area contributed by atoms with Crippen LogP contribution in [0.25, 0.3) is 0 Å². The number of hydrazine groups is 2. The predicted octanol–water partition coefficient (Wildman–Crippen LogP) is 0.446. The van der Waals surface area contributed by atoms with Crippen LogP contribution >= 0.6 is 0 Å². The van der Waals surface area contributed by atoms with Gasteiger partial charge in [0, 0.05) is 0 Å². The van der Waals surface area contributed by atoms with E-state index in [1.165, 1.54) is 10.0 Å². The van der Waals surface area contributed by atoms with Gasteiger partial charge in [-0.2, -0.15) is 0 Å². The lowest BCUT2D eigenvalue weighted by atomic mass is 10.6. The van der Waals surface area contributed by atoms with Crippen LogP contribution in [0.3, 0.4) is 0 Å². The largest absolute Gasteiger partial charge is 0.662 e. The topological polar surface area (TPSA) is 111 Å². The second kappa shape index (κ2) is 8.99. The highest BCUT2D eigenvalue weighted by atomic mass is 16.7. The summed E-state index contributed by atoms with van der Waals surface area (Å²) >= 11 is 0. The third kappa shape index (κ3) is 4.94. The summed E-state index contributed by atoms with van der Waals surface area (Å²) in [6.45, 7) is 7.71. The molecule has 0 bridgehead atoms. The fourth-order valence-electron chi connectivity index (χ4n) is 1.56. The molecule has 10 nitrogen and oxygen atoms in total. The van der Waals surface area contributed by atoms with Crippen molar-refractivity contribution in [2.75, 3.05) is 39.3 Å². The van der Waals surface area contributed by atoms with Crippen LogP contribution in [0.2, 0.25) is 0 Å². The summed E-state index contributed by atoms with van der Waals surface area (Å²) in [7, 11) is 0. The molecule has 0 aliphatic heterocycles. The Bertz CT molecular complexity index is 318. The Kier molecular flexibility index (Phi) is 8.09. The van der Waals surface area contributed by atoms with Crippen LogP contribution in [-0.4, -0.2) is 68.9 Å². The molecule has 0 aliphatic rings. The molecule has 0 aromatic rings. The molecular formula is C10H24N6O4. The van der Waals surface area contributed by atoms with Crippen molar-refractivity contribution in [3.63, 3.8) is 0 Å². The van der Waals surface area contributed by atoms with Gasteiger partial charge in [-0.05, 0) is 47.4 Å². The predicted molar refractivity (Wildman–Crippen MR) is 70.1 cm³/mol. The summed E-state index contributed by atoms with van der Waals surface area (Å²) in [6.07, 6.45) is 0. The first-order valence-electron chi connectivity index (χ1n) is 6.76. The number of hydrogen-bond acceptors (Lipinski definition) is 4. The van der Waals surface area contributed by atoms with Crippen molar-refractivity contribution in [2.24, 2.45) is 0 Å². The van der Waals surface area contributed by atoms with Gasteiger partial charge >= 0.3 is 0 Å². The van der Waals surface area contributed by atoms with E-state index in [9.17, 15) is 20.8 Å². The van der Waals surface area contributed by atoms with Gasteiger partial charge in [-0.1, -0.05) is 0 Å². The fourth-order valence-corrected chi connectivity index (χ4v) is 1.56. The highest BCUT2D eigenvalue weighted by Gasteiger charge is 2.19. The minimum atomic E-state index is -0.385. The molecule has 0 aliphatic carbocycles.